The van der Waals surface area contributed by atoms with Crippen LogP contribution in [0, 0.1) is 13.8 Å². The van der Waals surface area contributed by atoms with Crippen LogP contribution in [0.5, 0.6) is 11.5 Å². The highest BCUT2D eigenvalue weighted by atomic mass is 32.2. The second-order valence-corrected chi connectivity index (χ2v) is 8.63. The highest BCUT2D eigenvalue weighted by Gasteiger charge is 2.36. The monoisotopic (exact) mass is 498 g/mol. The van der Waals surface area contributed by atoms with Gasteiger partial charge in [-0.25, -0.2) is 0 Å². The molecule has 1 fully saturated rings. The maximum atomic E-state index is 12.5. The molecule has 0 saturated carbocycles. The molecule has 2 aromatic rings. The Morgan fingerprint density at radius 3 is 2.51 bits per heavy atom. The summed E-state index contributed by atoms with van der Waals surface area (Å²) in [6.45, 7) is 5.39. The fraction of sp³-hybridized carbons (Fsp3) is 0.280. The van der Waals surface area contributed by atoms with Gasteiger partial charge in [0, 0.05) is 5.69 Å². The van der Waals surface area contributed by atoms with Gasteiger partial charge in [0.25, 0.3) is 17.1 Å². The van der Waals surface area contributed by atoms with Gasteiger partial charge in [-0.3, -0.25) is 24.1 Å². The Morgan fingerprint density at radius 2 is 1.83 bits per heavy atom. The first kappa shape index (κ1) is 25.8. The fourth-order valence-corrected chi connectivity index (χ4v) is 4.11. The minimum absolute atomic E-state index is 0.169. The zero-order valence-electron chi connectivity index (χ0n) is 19.9. The summed E-state index contributed by atoms with van der Waals surface area (Å²) in [6.07, 6.45) is 1.53. The summed E-state index contributed by atoms with van der Waals surface area (Å²) in [4.78, 5) is 49.5. The van der Waals surface area contributed by atoms with Crippen LogP contribution in [0.2, 0.25) is 0 Å². The molecule has 184 valence electrons. The number of hydrogen-bond acceptors (Lipinski definition) is 8. The molecule has 0 radical (unpaired) electrons. The van der Waals surface area contributed by atoms with Crippen LogP contribution >= 0.6 is 11.8 Å². The third-order valence-corrected chi connectivity index (χ3v) is 5.88. The zero-order chi connectivity index (χ0) is 25.5. The Balaban J connectivity index is 1.70. The van der Waals surface area contributed by atoms with Crippen LogP contribution in [0.3, 0.4) is 0 Å². The number of thioether (sulfide) groups is 1. The number of hydrogen-bond donors (Lipinski definition) is 1. The normalized spacial score (nSPS) is 14.3. The largest absolute Gasteiger partial charge is 0.490 e. The minimum Gasteiger partial charge on any atom is -0.490 e. The summed E-state index contributed by atoms with van der Waals surface area (Å²) in [5.74, 6) is -0.835. The first-order chi connectivity index (χ1) is 16.7. The van der Waals surface area contributed by atoms with Crippen LogP contribution in [0.15, 0.2) is 41.3 Å². The van der Waals surface area contributed by atoms with Crippen molar-refractivity contribution in [1.82, 2.24) is 4.90 Å². The highest BCUT2D eigenvalue weighted by Crippen LogP contribution is 2.34. The molecule has 1 N–H and O–H groups in total. The third-order valence-electron chi connectivity index (χ3n) is 4.97. The van der Waals surface area contributed by atoms with Crippen molar-refractivity contribution < 1.29 is 33.4 Å². The summed E-state index contributed by atoms with van der Waals surface area (Å²) < 4.78 is 15.9. The fourth-order valence-electron chi connectivity index (χ4n) is 3.27. The summed E-state index contributed by atoms with van der Waals surface area (Å²) in [5.41, 5.74) is 3.36. The van der Waals surface area contributed by atoms with Crippen molar-refractivity contribution in [3.63, 3.8) is 0 Å². The summed E-state index contributed by atoms with van der Waals surface area (Å²) >= 11 is 0.735. The Labute approximate surface area is 207 Å². The molecule has 0 aliphatic carbocycles. The molecule has 35 heavy (non-hydrogen) atoms. The lowest BCUT2D eigenvalue weighted by Crippen LogP contribution is -2.34. The average Bonchev–Trinajstić information content (AvgIpc) is 3.07. The highest BCUT2D eigenvalue weighted by molar-refractivity contribution is 8.18. The van der Waals surface area contributed by atoms with Crippen molar-refractivity contribution in [1.29, 1.82) is 0 Å². The number of imide groups is 1. The molecule has 2 aromatic carbocycles. The Bertz CT molecular complexity index is 1190. The molecule has 0 atom stereocenters. The third kappa shape index (κ3) is 6.63. The lowest BCUT2D eigenvalue weighted by Gasteiger charge is -2.14. The molecule has 3 amide bonds. The van der Waals surface area contributed by atoms with Gasteiger partial charge in [0.2, 0.25) is 0 Å². The maximum Gasteiger partial charge on any atom is 0.325 e. The van der Waals surface area contributed by atoms with E-state index >= 15 is 0 Å². The Hall–Kier alpha value is -3.79. The summed E-state index contributed by atoms with van der Waals surface area (Å²) in [6, 6.07) is 10.7. The van der Waals surface area contributed by atoms with Gasteiger partial charge in [-0.15, -0.1) is 0 Å². The van der Waals surface area contributed by atoms with Crippen LogP contribution in [0.25, 0.3) is 6.08 Å². The quantitative estimate of drug-likeness (QED) is 0.409. The standard InChI is InChI=1S/C25H26N2O7S/c1-5-33-20-11-17(12-21-24(30)27(25(31)35-21)13-23(29)32-4)7-9-19(20)34-14-22(28)26-18-8-6-15(2)10-16(18)3/h6-12H,5,13-14H2,1-4H3,(H,26,28)/b21-12-. The Morgan fingerprint density at radius 1 is 1.06 bits per heavy atom. The minimum atomic E-state index is -0.685. The van der Waals surface area contributed by atoms with Gasteiger partial charge in [-0.1, -0.05) is 23.8 Å². The molecule has 0 aromatic heterocycles. The molecule has 10 heteroatoms. The van der Waals surface area contributed by atoms with Gasteiger partial charge in [0.1, 0.15) is 6.54 Å². The molecule has 1 aliphatic rings. The van der Waals surface area contributed by atoms with Gasteiger partial charge in [-0.05, 0) is 67.9 Å². The number of rotatable bonds is 9. The smallest absolute Gasteiger partial charge is 0.325 e. The van der Waals surface area contributed by atoms with E-state index < -0.39 is 23.7 Å². The molecule has 0 unspecified atom stereocenters. The molecule has 1 saturated heterocycles. The number of benzene rings is 2. The first-order valence-electron chi connectivity index (χ1n) is 10.8. The van der Waals surface area contributed by atoms with E-state index in [1.807, 2.05) is 39.0 Å². The van der Waals surface area contributed by atoms with Crippen LogP contribution in [-0.2, 0) is 19.1 Å². The molecule has 1 heterocycles. The first-order valence-corrected chi connectivity index (χ1v) is 11.6. The van der Waals surface area contributed by atoms with Crippen molar-refractivity contribution in [2.75, 3.05) is 32.2 Å². The molecular formula is C25H26N2O7S. The maximum absolute atomic E-state index is 12.5. The lowest BCUT2D eigenvalue weighted by molar-refractivity contribution is -0.143. The number of ether oxygens (including phenoxy) is 3. The molecule has 0 spiro atoms. The SMILES string of the molecule is CCOc1cc(/C=C2\SC(=O)N(CC(=O)OC)C2=O)ccc1OCC(=O)Nc1ccc(C)cc1C. The second kappa shape index (κ2) is 11.6. The van der Waals surface area contributed by atoms with E-state index in [-0.39, 0.29) is 17.4 Å². The number of anilines is 1. The molecule has 9 nitrogen and oxygen atoms in total. The number of carbonyl (C=O) groups is 4. The second-order valence-electron chi connectivity index (χ2n) is 7.64. The van der Waals surface area contributed by atoms with Crippen molar-refractivity contribution in [2.24, 2.45) is 0 Å². The number of nitrogens with zero attached hydrogens (tertiary/aromatic N) is 1. The van der Waals surface area contributed by atoms with E-state index in [4.69, 9.17) is 9.47 Å². The van der Waals surface area contributed by atoms with Crippen molar-refractivity contribution in [2.45, 2.75) is 20.8 Å². The Kier molecular flexibility index (Phi) is 8.53. The van der Waals surface area contributed by atoms with Crippen molar-refractivity contribution in [3.05, 3.63) is 58.0 Å². The van der Waals surface area contributed by atoms with Gasteiger partial charge in [0.15, 0.2) is 18.1 Å². The van der Waals surface area contributed by atoms with E-state index in [9.17, 15) is 19.2 Å². The topological polar surface area (TPSA) is 111 Å². The van der Waals surface area contributed by atoms with Crippen LogP contribution in [0.4, 0.5) is 10.5 Å². The van der Waals surface area contributed by atoms with E-state index in [2.05, 4.69) is 10.1 Å². The van der Waals surface area contributed by atoms with Gasteiger partial charge >= 0.3 is 5.97 Å². The van der Waals surface area contributed by atoms with Crippen molar-refractivity contribution >= 4 is 46.5 Å². The van der Waals surface area contributed by atoms with E-state index in [0.717, 1.165) is 27.8 Å². The van der Waals surface area contributed by atoms with E-state index in [0.29, 0.717) is 29.4 Å². The van der Waals surface area contributed by atoms with Gasteiger partial charge in [-0.2, -0.15) is 0 Å². The van der Waals surface area contributed by atoms with Gasteiger partial charge in [0.05, 0.1) is 18.6 Å². The number of methoxy groups -OCH3 is 1. The van der Waals surface area contributed by atoms with E-state index in [1.165, 1.54) is 13.2 Å². The number of amides is 3. The molecule has 0 bridgehead atoms. The predicted molar refractivity (Wildman–Crippen MR) is 132 cm³/mol. The van der Waals surface area contributed by atoms with Crippen molar-refractivity contribution in [3.8, 4) is 11.5 Å². The molecule has 1 aliphatic heterocycles. The van der Waals surface area contributed by atoms with Gasteiger partial charge < -0.3 is 19.5 Å². The van der Waals surface area contributed by atoms with Crippen LogP contribution < -0.4 is 14.8 Å². The van der Waals surface area contributed by atoms with E-state index in [1.54, 1.807) is 18.2 Å². The summed E-state index contributed by atoms with van der Waals surface area (Å²) in [7, 11) is 1.18. The number of aryl methyl sites for hydroxylation is 2. The lowest BCUT2D eigenvalue weighted by atomic mass is 10.1. The molecular weight excluding hydrogens is 472 g/mol. The average molecular weight is 499 g/mol. The molecule has 3 rings (SSSR count). The number of carbonyl (C=O) groups excluding carboxylic acids is 4. The zero-order valence-corrected chi connectivity index (χ0v) is 20.7. The van der Waals surface area contributed by atoms with Crippen LogP contribution in [0.1, 0.15) is 23.6 Å². The summed E-state index contributed by atoms with van der Waals surface area (Å²) in [5, 5.41) is 2.28. The number of esters is 1. The number of nitrogens with one attached hydrogen (secondary N) is 1. The van der Waals surface area contributed by atoms with Crippen LogP contribution in [-0.4, -0.2) is 54.8 Å². The predicted octanol–water partition coefficient (Wildman–Crippen LogP) is 3.93.